The van der Waals surface area contributed by atoms with Crippen LogP contribution in [0.1, 0.15) is 38.3 Å². The second-order valence-corrected chi connectivity index (χ2v) is 6.08. The zero-order valence-electron chi connectivity index (χ0n) is 13.6. The number of carbonyl (C=O) groups is 2. The van der Waals surface area contributed by atoms with Crippen molar-refractivity contribution in [2.24, 2.45) is 0 Å². The van der Waals surface area contributed by atoms with E-state index in [0.717, 1.165) is 24.9 Å². The lowest BCUT2D eigenvalue weighted by Crippen LogP contribution is -2.43. The van der Waals surface area contributed by atoms with Crippen LogP contribution in [0.3, 0.4) is 0 Å². The molecule has 5 nitrogen and oxygen atoms in total. The first-order valence-corrected chi connectivity index (χ1v) is 8.01. The van der Waals surface area contributed by atoms with Crippen molar-refractivity contribution in [3.8, 4) is 0 Å². The molecule has 1 aromatic carbocycles. The quantitative estimate of drug-likeness (QED) is 0.837. The zero-order valence-corrected chi connectivity index (χ0v) is 13.6. The summed E-state index contributed by atoms with van der Waals surface area (Å²) < 4.78 is 12.9. The Labute approximate surface area is 136 Å². The van der Waals surface area contributed by atoms with E-state index >= 15 is 0 Å². The van der Waals surface area contributed by atoms with E-state index in [2.05, 4.69) is 22.5 Å². The van der Waals surface area contributed by atoms with Crippen molar-refractivity contribution < 1.29 is 14.0 Å². The SMILES string of the molecule is CC(NC(=O)CNC(=O)CN1CCCC1C)c1ccc(F)cc1. The third kappa shape index (κ3) is 5.32. The molecule has 0 spiro atoms. The number of amides is 2. The minimum absolute atomic E-state index is 0.0490. The molecule has 1 heterocycles. The third-order valence-corrected chi connectivity index (χ3v) is 4.23. The lowest BCUT2D eigenvalue weighted by atomic mass is 10.1. The van der Waals surface area contributed by atoms with Crippen LogP contribution in [-0.2, 0) is 9.59 Å². The molecule has 0 aromatic heterocycles. The van der Waals surface area contributed by atoms with Gasteiger partial charge in [0.15, 0.2) is 0 Å². The van der Waals surface area contributed by atoms with Crippen molar-refractivity contribution in [3.63, 3.8) is 0 Å². The summed E-state index contributed by atoms with van der Waals surface area (Å²) in [6.07, 6.45) is 2.23. The number of carbonyl (C=O) groups excluding carboxylic acids is 2. The molecule has 126 valence electrons. The monoisotopic (exact) mass is 321 g/mol. The minimum Gasteiger partial charge on any atom is -0.348 e. The Balaban J connectivity index is 1.71. The van der Waals surface area contributed by atoms with Gasteiger partial charge in [0, 0.05) is 6.04 Å². The smallest absolute Gasteiger partial charge is 0.239 e. The molecule has 23 heavy (non-hydrogen) atoms. The van der Waals surface area contributed by atoms with Crippen molar-refractivity contribution in [2.75, 3.05) is 19.6 Å². The lowest BCUT2D eigenvalue weighted by molar-refractivity contribution is -0.127. The van der Waals surface area contributed by atoms with Crippen LogP contribution in [0.5, 0.6) is 0 Å². The highest BCUT2D eigenvalue weighted by Crippen LogP contribution is 2.15. The standard InChI is InChI=1S/C17H24FN3O2/c1-12-4-3-9-21(12)11-17(23)19-10-16(22)20-13(2)14-5-7-15(18)8-6-14/h5-8,12-13H,3-4,9-11H2,1-2H3,(H,19,23)(H,20,22). The van der Waals surface area contributed by atoms with Gasteiger partial charge in [-0.3, -0.25) is 14.5 Å². The molecule has 1 aliphatic heterocycles. The maximum absolute atomic E-state index is 12.9. The molecule has 0 radical (unpaired) electrons. The van der Waals surface area contributed by atoms with Gasteiger partial charge in [-0.05, 0) is 50.9 Å². The number of hydrogen-bond acceptors (Lipinski definition) is 3. The zero-order chi connectivity index (χ0) is 16.8. The topological polar surface area (TPSA) is 61.4 Å². The summed E-state index contributed by atoms with van der Waals surface area (Å²) >= 11 is 0. The predicted octanol–water partition coefficient (Wildman–Crippen LogP) is 1.60. The van der Waals surface area contributed by atoms with Crippen LogP contribution in [0, 0.1) is 5.82 Å². The Morgan fingerprint density at radius 3 is 2.61 bits per heavy atom. The van der Waals surface area contributed by atoms with E-state index in [1.54, 1.807) is 12.1 Å². The normalized spacial score (nSPS) is 19.3. The molecule has 1 fully saturated rings. The summed E-state index contributed by atoms with van der Waals surface area (Å²) in [7, 11) is 0. The highest BCUT2D eigenvalue weighted by molar-refractivity contribution is 5.85. The maximum Gasteiger partial charge on any atom is 0.239 e. The Bertz CT molecular complexity index is 547. The van der Waals surface area contributed by atoms with Gasteiger partial charge in [0.1, 0.15) is 5.82 Å². The summed E-state index contributed by atoms with van der Waals surface area (Å²) in [6.45, 7) is 5.15. The van der Waals surface area contributed by atoms with Crippen LogP contribution >= 0.6 is 0 Å². The molecule has 2 amide bonds. The van der Waals surface area contributed by atoms with Gasteiger partial charge in [-0.1, -0.05) is 12.1 Å². The number of hydrogen-bond donors (Lipinski definition) is 2. The molecule has 2 N–H and O–H groups in total. The Morgan fingerprint density at radius 2 is 2.00 bits per heavy atom. The van der Waals surface area contributed by atoms with Gasteiger partial charge in [-0.15, -0.1) is 0 Å². The van der Waals surface area contributed by atoms with E-state index in [9.17, 15) is 14.0 Å². The van der Waals surface area contributed by atoms with Gasteiger partial charge in [0.2, 0.25) is 11.8 Å². The number of halogens is 1. The van der Waals surface area contributed by atoms with Gasteiger partial charge in [-0.2, -0.15) is 0 Å². The molecule has 0 aliphatic carbocycles. The molecule has 1 aliphatic rings. The van der Waals surface area contributed by atoms with Crippen LogP contribution in [0.15, 0.2) is 24.3 Å². The van der Waals surface area contributed by atoms with Gasteiger partial charge in [0.05, 0.1) is 19.1 Å². The number of nitrogens with one attached hydrogen (secondary N) is 2. The fourth-order valence-corrected chi connectivity index (χ4v) is 2.77. The van der Waals surface area contributed by atoms with Gasteiger partial charge in [0.25, 0.3) is 0 Å². The summed E-state index contributed by atoms with van der Waals surface area (Å²) in [6, 6.07) is 6.17. The average molecular weight is 321 g/mol. The first kappa shape index (κ1) is 17.4. The van der Waals surface area contributed by atoms with Crippen molar-refractivity contribution in [2.45, 2.75) is 38.8 Å². The Morgan fingerprint density at radius 1 is 1.30 bits per heavy atom. The molecule has 2 rings (SSSR count). The highest BCUT2D eigenvalue weighted by atomic mass is 19.1. The van der Waals surface area contributed by atoms with Crippen LogP contribution in [-0.4, -0.2) is 42.4 Å². The molecule has 2 atom stereocenters. The molecule has 2 unspecified atom stereocenters. The molecule has 0 bridgehead atoms. The van der Waals surface area contributed by atoms with Crippen molar-refractivity contribution >= 4 is 11.8 Å². The van der Waals surface area contributed by atoms with E-state index in [-0.39, 0.29) is 30.2 Å². The Hall–Kier alpha value is -1.95. The first-order chi connectivity index (χ1) is 11.0. The maximum atomic E-state index is 12.9. The fraction of sp³-hybridized carbons (Fsp3) is 0.529. The molecule has 1 aromatic rings. The van der Waals surface area contributed by atoms with E-state index in [1.165, 1.54) is 12.1 Å². The minimum atomic E-state index is -0.310. The van der Waals surface area contributed by atoms with Gasteiger partial charge < -0.3 is 10.6 Å². The second kappa shape index (κ2) is 8.06. The highest BCUT2D eigenvalue weighted by Gasteiger charge is 2.22. The van der Waals surface area contributed by atoms with Crippen molar-refractivity contribution in [1.82, 2.24) is 15.5 Å². The summed E-state index contributed by atoms with van der Waals surface area (Å²) in [5.74, 6) is -0.705. The Kier molecular flexibility index (Phi) is 6.10. The lowest BCUT2D eigenvalue weighted by Gasteiger charge is -2.20. The van der Waals surface area contributed by atoms with Gasteiger partial charge >= 0.3 is 0 Å². The van der Waals surface area contributed by atoms with Crippen LogP contribution in [0.2, 0.25) is 0 Å². The molecular formula is C17H24FN3O2. The van der Waals surface area contributed by atoms with Gasteiger partial charge in [-0.25, -0.2) is 4.39 Å². The summed E-state index contributed by atoms with van der Waals surface area (Å²) in [5, 5.41) is 5.43. The summed E-state index contributed by atoms with van der Waals surface area (Å²) in [4.78, 5) is 25.9. The largest absolute Gasteiger partial charge is 0.348 e. The summed E-state index contributed by atoms with van der Waals surface area (Å²) in [5.41, 5.74) is 0.817. The molecule has 0 saturated carbocycles. The fourth-order valence-electron chi connectivity index (χ4n) is 2.77. The first-order valence-electron chi connectivity index (χ1n) is 8.01. The van der Waals surface area contributed by atoms with E-state index in [0.29, 0.717) is 12.6 Å². The van der Waals surface area contributed by atoms with Crippen molar-refractivity contribution in [3.05, 3.63) is 35.6 Å². The second-order valence-electron chi connectivity index (χ2n) is 6.08. The molecular weight excluding hydrogens is 297 g/mol. The van der Waals surface area contributed by atoms with E-state index < -0.39 is 0 Å². The van der Waals surface area contributed by atoms with Crippen molar-refractivity contribution in [1.29, 1.82) is 0 Å². The molecule has 6 heteroatoms. The number of benzene rings is 1. The average Bonchev–Trinajstić information content (AvgIpc) is 2.91. The van der Waals surface area contributed by atoms with Crippen LogP contribution < -0.4 is 10.6 Å². The number of nitrogens with zero attached hydrogens (tertiary/aromatic N) is 1. The molecule has 1 saturated heterocycles. The van der Waals surface area contributed by atoms with Crippen LogP contribution in [0.4, 0.5) is 4.39 Å². The number of rotatable bonds is 6. The predicted molar refractivity (Wildman–Crippen MR) is 86.2 cm³/mol. The third-order valence-electron chi connectivity index (χ3n) is 4.23. The van der Waals surface area contributed by atoms with E-state index in [1.807, 2.05) is 6.92 Å². The number of likely N-dealkylation sites (tertiary alicyclic amines) is 1. The van der Waals surface area contributed by atoms with Crippen LogP contribution in [0.25, 0.3) is 0 Å². The van der Waals surface area contributed by atoms with E-state index in [4.69, 9.17) is 0 Å².